The van der Waals surface area contributed by atoms with E-state index in [1.165, 1.54) is 17.0 Å². The lowest BCUT2D eigenvalue weighted by molar-refractivity contribution is -0.141. The van der Waals surface area contributed by atoms with E-state index in [-0.39, 0.29) is 29.5 Å². The van der Waals surface area contributed by atoms with E-state index in [9.17, 15) is 14.0 Å². The van der Waals surface area contributed by atoms with Crippen LogP contribution in [0.25, 0.3) is 0 Å². The number of nitrogens with one attached hydrogen (secondary N) is 1. The highest BCUT2D eigenvalue weighted by atomic mass is 35.5. The maximum absolute atomic E-state index is 14.5. The molecule has 0 aliphatic heterocycles. The molecule has 0 saturated carbocycles. The molecule has 0 bridgehead atoms. The van der Waals surface area contributed by atoms with Gasteiger partial charge in [-0.25, -0.2) is 4.39 Å². The lowest BCUT2D eigenvalue weighted by atomic mass is 9.99. The quantitative estimate of drug-likeness (QED) is 0.387. The molecule has 2 amide bonds. The molecule has 3 aromatic carbocycles. The van der Waals surface area contributed by atoms with Gasteiger partial charge in [-0.2, -0.15) is 0 Å². The molecule has 0 radical (unpaired) electrons. The molecule has 0 fully saturated rings. The van der Waals surface area contributed by atoms with Crippen LogP contribution in [-0.4, -0.2) is 28.3 Å². The Balaban J connectivity index is 2.03. The molecule has 1 N–H and O–H groups in total. The summed E-state index contributed by atoms with van der Waals surface area (Å²) in [6, 6.07) is 20.1. The van der Waals surface area contributed by atoms with Gasteiger partial charge in [-0.1, -0.05) is 71.7 Å². The van der Waals surface area contributed by atoms with E-state index in [1.54, 1.807) is 24.3 Å². The smallest absolute Gasteiger partial charge is 0.243 e. The second-order valence-electron chi connectivity index (χ2n) is 9.47. The van der Waals surface area contributed by atoms with Crippen LogP contribution in [-0.2, 0) is 29.0 Å². The van der Waals surface area contributed by atoms with Crippen LogP contribution in [0.15, 0.2) is 72.8 Å². The van der Waals surface area contributed by atoms with Gasteiger partial charge in [0, 0.05) is 34.1 Å². The number of carbonyl (C=O) groups excluding carboxylic acids is 2. The van der Waals surface area contributed by atoms with Gasteiger partial charge in [0.05, 0.1) is 6.42 Å². The van der Waals surface area contributed by atoms with Crippen molar-refractivity contribution in [3.8, 4) is 0 Å². The molecule has 0 saturated heterocycles. The van der Waals surface area contributed by atoms with E-state index in [0.717, 1.165) is 11.1 Å². The molecular formula is C28H29Cl2FN2O2. The van der Waals surface area contributed by atoms with Gasteiger partial charge >= 0.3 is 0 Å². The molecule has 1 unspecified atom stereocenters. The first-order valence-electron chi connectivity index (χ1n) is 11.4. The molecule has 3 rings (SSSR count). The van der Waals surface area contributed by atoms with Crippen molar-refractivity contribution >= 4 is 35.0 Å². The van der Waals surface area contributed by atoms with E-state index >= 15 is 0 Å². The van der Waals surface area contributed by atoms with Crippen LogP contribution >= 0.6 is 23.2 Å². The summed E-state index contributed by atoms with van der Waals surface area (Å²) in [5.41, 5.74) is 1.25. The second kappa shape index (κ2) is 11.7. The van der Waals surface area contributed by atoms with Crippen LogP contribution in [0.4, 0.5) is 4.39 Å². The molecule has 184 valence electrons. The SMILES string of the molecule is CC(C)(C)NC(=O)C(Cc1ccccc1)N(Cc1cccc(Cl)c1)C(=O)Cc1c(F)cccc1Cl. The largest absolute Gasteiger partial charge is 0.350 e. The lowest BCUT2D eigenvalue weighted by Gasteiger charge is -2.34. The van der Waals surface area contributed by atoms with Crippen LogP contribution in [0.2, 0.25) is 10.0 Å². The zero-order valence-electron chi connectivity index (χ0n) is 20.0. The zero-order valence-corrected chi connectivity index (χ0v) is 21.5. The number of amides is 2. The van der Waals surface area contributed by atoms with Crippen molar-refractivity contribution in [2.75, 3.05) is 0 Å². The minimum absolute atomic E-state index is 0.102. The Kier molecular flexibility index (Phi) is 8.92. The van der Waals surface area contributed by atoms with Gasteiger partial charge in [-0.3, -0.25) is 9.59 Å². The number of carbonyl (C=O) groups is 2. The molecule has 4 nitrogen and oxygen atoms in total. The van der Waals surface area contributed by atoms with Crippen molar-refractivity contribution in [1.82, 2.24) is 10.2 Å². The fraction of sp³-hybridized carbons (Fsp3) is 0.286. The van der Waals surface area contributed by atoms with Crippen molar-refractivity contribution in [3.63, 3.8) is 0 Å². The van der Waals surface area contributed by atoms with Crippen molar-refractivity contribution in [2.45, 2.75) is 51.7 Å². The molecule has 3 aromatic rings. The van der Waals surface area contributed by atoms with Crippen LogP contribution in [0.1, 0.15) is 37.5 Å². The molecule has 7 heteroatoms. The summed E-state index contributed by atoms with van der Waals surface area (Å²) in [6.07, 6.45) is 0.0141. The van der Waals surface area contributed by atoms with Gasteiger partial charge in [0.2, 0.25) is 11.8 Å². The Labute approximate surface area is 216 Å². The summed E-state index contributed by atoms with van der Waals surface area (Å²) < 4.78 is 14.5. The highest BCUT2D eigenvalue weighted by Gasteiger charge is 2.32. The number of rotatable bonds is 8. The third-order valence-electron chi connectivity index (χ3n) is 5.40. The Bertz CT molecular complexity index is 1160. The fourth-order valence-corrected chi connectivity index (χ4v) is 4.24. The number of halogens is 3. The monoisotopic (exact) mass is 514 g/mol. The van der Waals surface area contributed by atoms with Crippen molar-refractivity contribution < 1.29 is 14.0 Å². The first kappa shape index (κ1) is 26.7. The van der Waals surface area contributed by atoms with Gasteiger partial charge in [-0.15, -0.1) is 0 Å². The average molecular weight is 515 g/mol. The predicted octanol–water partition coefficient (Wildman–Crippen LogP) is 6.23. The fourth-order valence-electron chi connectivity index (χ4n) is 3.79. The lowest BCUT2D eigenvalue weighted by Crippen LogP contribution is -2.54. The second-order valence-corrected chi connectivity index (χ2v) is 10.3. The molecule has 35 heavy (non-hydrogen) atoms. The third kappa shape index (κ3) is 7.81. The summed E-state index contributed by atoms with van der Waals surface area (Å²) in [5, 5.41) is 3.69. The van der Waals surface area contributed by atoms with Crippen LogP contribution in [0.5, 0.6) is 0 Å². The maximum atomic E-state index is 14.5. The Morgan fingerprint density at radius 1 is 0.943 bits per heavy atom. The minimum atomic E-state index is -0.839. The van der Waals surface area contributed by atoms with E-state index < -0.39 is 23.3 Å². The Hall–Kier alpha value is -2.89. The molecular weight excluding hydrogens is 486 g/mol. The standard InChI is InChI=1S/C28H29Cl2FN2O2/c1-28(2,3)32-27(35)25(16-19-9-5-4-6-10-19)33(18-20-11-7-12-21(29)15-20)26(34)17-22-23(30)13-8-14-24(22)31/h4-15,25H,16-18H2,1-3H3,(H,32,35). The van der Waals surface area contributed by atoms with Crippen LogP contribution in [0, 0.1) is 5.82 Å². The van der Waals surface area contributed by atoms with Gasteiger partial charge < -0.3 is 10.2 Å². The third-order valence-corrected chi connectivity index (χ3v) is 5.99. The summed E-state index contributed by atoms with van der Waals surface area (Å²) >= 11 is 12.4. The summed E-state index contributed by atoms with van der Waals surface area (Å²) in [6.45, 7) is 5.77. The first-order chi connectivity index (χ1) is 16.5. The van der Waals surface area contributed by atoms with Gasteiger partial charge in [-0.05, 0) is 56.2 Å². The van der Waals surface area contributed by atoms with E-state index in [4.69, 9.17) is 23.2 Å². The number of hydrogen-bond donors (Lipinski definition) is 1. The summed E-state index contributed by atoms with van der Waals surface area (Å²) in [7, 11) is 0. The van der Waals surface area contributed by atoms with E-state index in [0.29, 0.717) is 11.4 Å². The highest BCUT2D eigenvalue weighted by molar-refractivity contribution is 6.31. The van der Waals surface area contributed by atoms with Gasteiger partial charge in [0.25, 0.3) is 0 Å². The van der Waals surface area contributed by atoms with Crippen molar-refractivity contribution in [2.24, 2.45) is 0 Å². The van der Waals surface area contributed by atoms with Crippen molar-refractivity contribution in [1.29, 1.82) is 0 Å². The maximum Gasteiger partial charge on any atom is 0.243 e. The molecule has 0 aromatic heterocycles. The summed E-state index contributed by atoms with van der Waals surface area (Å²) in [5.74, 6) is -1.27. The van der Waals surface area contributed by atoms with Crippen LogP contribution < -0.4 is 5.32 Å². The molecule has 0 aliphatic rings. The van der Waals surface area contributed by atoms with Gasteiger partial charge in [0.1, 0.15) is 11.9 Å². The molecule has 0 heterocycles. The highest BCUT2D eigenvalue weighted by Crippen LogP contribution is 2.23. The Morgan fingerprint density at radius 3 is 2.23 bits per heavy atom. The molecule has 0 aliphatic carbocycles. The molecule has 0 spiro atoms. The van der Waals surface area contributed by atoms with E-state index in [1.807, 2.05) is 57.2 Å². The minimum Gasteiger partial charge on any atom is -0.350 e. The number of hydrogen-bond acceptors (Lipinski definition) is 2. The zero-order chi connectivity index (χ0) is 25.6. The van der Waals surface area contributed by atoms with Crippen molar-refractivity contribution in [3.05, 3.63) is 105 Å². The number of benzene rings is 3. The Morgan fingerprint density at radius 2 is 1.60 bits per heavy atom. The first-order valence-corrected chi connectivity index (χ1v) is 12.1. The van der Waals surface area contributed by atoms with Gasteiger partial charge in [0.15, 0.2) is 0 Å². The predicted molar refractivity (Wildman–Crippen MR) is 139 cm³/mol. The summed E-state index contributed by atoms with van der Waals surface area (Å²) in [4.78, 5) is 28.7. The normalized spacial score (nSPS) is 12.2. The van der Waals surface area contributed by atoms with E-state index in [2.05, 4.69) is 5.32 Å². The topological polar surface area (TPSA) is 49.4 Å². The average Bonchev–Trinajstić information content (AvgIpc) is 2.78. The molecule has 1 atom stereocenters. The van der Waals surface area contributed by atoms with Crippen LogP contribution in [0.3, 0.4) is 0 Å². The number of nitrogens with zero attached hydrogens (tertiary/aromatic N) is 1.